The number of fused-ring (bicyclic) bond motifs is 1. The fourth-order valence-electron chi connectivity index (χ4n) is 2.75. The summed E-state index contributed by atoms with van der Waals surface area (Å²) in [6.07, 6.45) is 0.293. The van der Waals surface area contributed by atoms with Crippen molar-refractivity contribution < 1.29 is 9.53 Å². The van der Waals surface area contributed by atoms with Crippen LogP contribution in [0.4, 0.5) is 27.8 Å². The van der Waals surface area contributed by atoms with Crippen molar-refractivity contribution in [2.45, 2.75) is 33.7 Å². The van der Waals surface area contributed by atoms with E-state index in [1.54, 1.807) is 13.0 Å². The van der Waals surface area contributed by atoms with Crippen LogP contribution in [0.3, 0.4) is 0 Å². The van der Waals surface area contributed by atoms with Crippen molar-refractivity contribution in [3.63, 3.8) is 0 Å². The molecule has 3 rings (SSSR count). The fraction of sp³-hybridized carbons (Fsp3) is 0.316. The summed E-state index contributed by atoms with van der Waals surface area (Å²) in [6, 6.07) is 11.7. The Morgan fingerprint density at radius 1 is 1.31 bits per heavy atom. The summed E-state index contributed by atoms with van der Waals surface area (Å²) in [5.74, 6) is 0.579. The van der Waals surface area contributed by atoms with Gasteiger partial charge in [-0.05, 0) is 18.9 Å². The van der Waals surface area contributed by atoms with Gasteiger partial charge in [-0.25, -0.2) is 14.8 Å². The van der Waals surface area contributed by atoms with E-state index in [2.05, 4.69) is 22.5 Å². The van der Waals surface area contributed by atoms with E-state index in [1.807, 2.05) is 30.3 Å². The summed E-state index contributed by atoms with van der Waals surface area (Å²) in [6.45, 7) is 4.11. The Bertz CT molecular complexity index is 805. The van der Waals surface area contributed by atoms with Crippen molar-refractivity contribution in [3.8, 4) is 0 Å². The van der Waals surface area contributed by atoms with Crippen LogP contribution in [0.25, 0.3) is 0 Å². The molecule has 2 heterocycles. The Morgan fingerprint density at radius 3 is 2.69 bits per heavy atom. The lowest BCUT2D eigenvalue weighted by molar-refractivity contribution is 0.168. The molecule has 0 saturated heterocycles. The highest BCUT2D eigenvalue weighted by atomic mass is 16.5. The highest BCUT2D eigenvalue weighted by molar-refractivity contribution is 6.10. The number of aliphatic imine (C=N–C) groups is 1. The molecule has 1 unspecified atom stereocenters. The van der Waals surface area contributed by atoms with Crippen molar-refractivity contribution in [1.29, 1.82) is 0 Å². The molecule has 0 aliphatic carbocycles. The average Bonchev–Trinajstić information content (AvgIpc) is 2.61. The number of ether oxygens (including phenoxy) is 1. The summed E-state index contributed by atoms with van der Waals surface area (Å²) in [4.78, 5) is 20.5. The molecule has 1 atom stereocenters. The van der Waals surface area contributed by atoms with E-state index < -0.39 is 6.09 Å². The topological polar surface area (TPSA) is 102 Å². The molecule has 0 radical (unpaired) electrons. The van der Waals surface area contributed by atoms with Crippen molar-refractivity contribution in [3.05, 3.63) is 42.0 Å². The van der Waals surface area contributed by atoms with Gasteiger partial charge in [0.25, 0.3) is 0 Å². The standard InChI is InChI=1S/C18H21N5O2.CH4/c1-3-12-15(11-8-6-5-7-9-11)23-16-13(20-12)10-14(21-17(16)19)22-18(24)25-4-2;/h5-10,12,20H,3-4H2,1-2H3,(H3,19,21,22,24);1H4. The van der Waals surface area contributed by atoms with E-state index in [0.717, 1.165) is 23.4 Å². The van der Waals surface area contributed by atoms with E-state index >= 15 is 0 Å². The van der Waals surface area contributed by atoms with Crippen molar-refractivity contribution >= 4 is 34.8 Å². The number of anilines is 3. The Labute approximate surface area is 153 Å². The van der Waals surface area contributed by atoms with Crippen LogP contribution in [-0.4, -0.2) is 29.4 Å². The molecule has 7 nitrogen and oxygen atoms in total. The zero-order valence-electron chi connectivity index (χ0n) is 14.2. The second-order valence-electron chi connectivity index (χ2n) is 5.60. The maximum Gasteiger partial charge on any atom is 0.412 e. The number of pyridine rings is 1. The molecule has 7 heteroatoms. The van der Waals surface area contributed by atoms with Crippen LogP contribution >= 0.6 is 0 Å². The van der Waals surface area contributed by atoms with E-state index in [-0.39, 0.29) is 25.9 Å². The quantitative estimate of drug-likeness (QED) is 0.763. The Hall–Kier alpha value is -3.09. The zero-order chi connectivity index (χ0) is 17.8. The molecule has 1 aliphatic rings. The molecule has 1 aromatic heterocycles. The molecule has 138 valence electrons. The maximum absolute atomic E-state index is 11.6. The van der Waals surface area contributed by atoms with Gasteiger partial charge >= 0.3 is 6.09 Å². The summed E-state index contributed by atoms with van der Waals surface area (Å²) in [5.41, 5.74) is 9.36. The Kier molecular flexibility index (Phi) is 6.16. The van der Waals surface area contributed by atoms with Gasteiger partial charge in [0, 0.05) is 6.07 Å². The first-order chi connectivity index (χ1) is 12.1. The Morgan fingerprint density at radius 2 is 2.04 bits per heavy atom. The number of aromatic nitrogens is 1. The Balaban J connectivity index is 0.00000243. The number of hydrogen-bond acceptors (Lipinski definition) is 6. The molecule has 2 aromatic rings. The van der Waals surface area contributed by atoms with Gasteiger partial charge in [-0.2, -0.15) is 0 Å². The van der Waals surface area contributed by atoms with Crippen molar-refractivity contribution in [2.24, 2.45) is 4.99 Å². The third kappa shape index (κ3) is 3.93. The summed E-state index contributed by atoms with van der Waals surface area (Å²) in [7, 11) is 0. The number of carbonyl (C=O) groups is 1. The van der Waals surface area contributed by atoms with Gasteiger partial charge in [-0.1, -0.05) is 44.7 Å². The number of nitrogens with zero attached hydrogens (tertiary/aromatic N) is 2. The van der Waals surface area contributed by atoms with Crippen molar-refractivity contribution in [2.75, 3.05) is 23.0 Å². The SMILES string of the molecule is C.CCOC(=O)Nc1cc2c(c(N)n1)N=C(c1ccccc1)C(CC)N2. The van der Waals surface area contributed by atoms with Crippen LogP contribution in [0.1, 0.15) is 33.3 Å². The van der Waals surface area contributed by atoms with E-state index in [1.165, 1.54) is 0 Å². The van der Waals surface area contributed by atoms with Crippen molar-refractivity contribution in [1.82, 2.24) is 4.98 Å². The van der Waals surface area contributed by atoms with E-state index in [4.69, 9.17) is 15.5 Å². The van der Waals surface area contributed by atoms with E-state index in [0.29, 0.717) is 11.5 Å². The molecular formula is C19H25N5O2. The van der Waals surface area contributed by atoms with Gasteiger partial charge in [0.15, 0.2) is 5.82 Å². The van der Waals surface area contributed by atoms with Gasteiger partial charge in [-0.3, -0.25) is 5.32 Å². The number of hydrogen-bond donors (Lipinski definition) is 3. The molecule has 0 saturated carbocycles. The lowest BCUT2D eigenvalue weighted by Gasteiger charge is -2.27. The smallest absolute Gasteiger partial charge is 0.412 e. The lowest BCUT2D eigenvalue weighted by atomic mass is 9.98. The average molecular weight is 355 g/mol. The lowest BCUT2D eigenvalue weighted by Crippen LogP contribution is -2.32. The van der Waals surface area contributed by atoms with Gasteiger partial charge in [0.05, 0.1) is 24.0 Å². The zero-order valence-corrected chi connectivity index (χ0v) is 14.2. The minimum absolute atomic E-state index is 0. The third-order valence-electron chi connectivity index (χ3n) is 3.90. The second-order valence-corrected chi connectivity index (χ2v) is 5.60. The van der Waals surface area contributed by atoms with Gasteiger partial charge in [0.2, 0.25) is 0 Å². The molecular weight excluding hydrogens is 330 g/mol. The minimum Gasteiger partial charge on any atom is -0.450 e. The predicted molar refractivity (Wildman–Crippen MR) is 106 cm³/mol. The molecule has 0 spiro atoms. The normalized spacial score (nSPS) is 15.0. The van der Waals surface area contributed by atoms with Gasteiger partial charge in [-0.15, -0.1) is 0 Å². The molecule has 26 heavy (non-hydrogen) atoms. The number of nitrogen functional groups attached to an aromatic ring is 1. The second kappa shape index (κ2) is 8.33. The fourth-order valence-corrected chi connectivity index (χ4v) is 2.75. The molecule has 0 fully saturated rings. The molecule has 4 N–H and O–H groups in total. The predicted octanol–water partition coefficient (Wildman–Crippen LogP) is 4.19. The summed E-state index contributed by atoms with van der Waals surface area (Å²) < 4.78 is 4.87. The molecule has 1 aromatic carbocycles. The first-order valence-electron chi connectivity index (χ1n) is 8.27. The minimum atomic E-state index is -0.564. The van der Waals surface area contributed by atoms with Crippen LogP contribution in [0, 0.1) is 0 Å². The number of rotatable bonds is 4. The van der Waals surface area contributed by atoms with E-state index in [9.17, 15) is 4.79 Å². The first kappa shape index (κ1) is 19.2. The first-order valence-corrected chi connectivity index (χ1v) is 8.27. The van der Waals surface area contributed by atoms with Crippen LogP contribution in [-0.2, 0) is 4.74 Å². The van der Waals surface area contributed by atoms with Crippen LogP contribution in [0.2, 0.25) is 0 Å². The summed E-state index contributed by atoms with van der Waals surface area (Å²) in [5, 5.41) is 6.01. The van der Waals surface area contributed by atoms with Crippen LogP contribution in [0.15, 0.2) is 41.4 Å². The number of benzene rings is 1. The maximum atomic E-state index is 11.6. The number of nitrogens with one attached hydrogen (secondary N) is 2. The molecule has 1 amide bonds. The highest BCUT2D eigenvalue weighted by Gasteiger charge is 2.25. The largest absolute Gasteiger partial charge is 0.450 e. The van der Waals surface area contributed by atoms with Crippen LogP contribution < -0.4 is 16.4 Å². The third-order valence-corrected chi connectivity index (χ3v) is 3.90. The summed E-state index contributed by atoms with van der Waals surface area (Å²) >= 11 is 0. The number of amides is 1. The number of nitrogens with two attached hydrogens (primary N) is 1. The number of carbonyl (C=O) groups excluding carboxylic acids is 1. The molecule has 1 aliphatic heterocycles. The molecule has 0 bridgehead atoms. The monoisotopic (exact) mass is 355 g/mol. The van der Waals surface area contributed by atoms with Gasteiger partial charge in [0.1, 0.15) is 11.5 Å². The highest BCUT2D eigenvalue weighted by Crippen LogP contribution is 2.37. The van der Waals surface area contributed by atoms with Crippen LogP contribution in [0.5, 0.6) is 0 Å². The van der Waals surface area contributed by atoms with Gasteiger partial charge < -0.3 is 15.8 Å².